The third-order valence-corrected chi connectivity index (χ3v) is 3.54. The molecule has 3 nitrogen and oxygen atoms in total. The molecular formula is C12H11BrClN3. The first kappa shape index (κ1) is 12.3. The first-order valence-corrected chi connectivity index (χ1v) is 6.31. The van der Waals surface area contributed by atoms with E-state index in [1.165, 1.54) is 0 Å². The van der Waals surface area contributed by atoms with E-state index in [1.54, 1.807) is 18.6 Å². The van der Waals surface area contributed by atoms with Gasteiger partial charge in [-0.05, 0) is 41.1 Å². The van der Waals surface area contributed by atoms with Gasteiger partial charge in [0.25, 0.3) is 0 Å². The van der Waals surface area contributed by atoms with Crippen molar-refractivity contribution in [3.63, 3.8) is 0 Å². The Bertz CT molecular complexity index is 504. The number of hydrogen-bond donors (Lipinski definition) is 1. The van der Waals surface area contributed by atoms with Gasteiger partial charge in [-0.25, -0.2) is 0 Å². The standard InChI is InChI=1S/C12H11BrClN3/c1-8(12-7-15-4-5-16-12)17-9-2-3-11(14)10(13)6-9/h2-8,17H,1H3. The number of aromatic nitrogens is 2. The van der Waals surface area contributed by atoms with Crippen molar-refractivity contribution in [3.8, 4) is 0 Å². The van der Waals surface area contributed by atoms with Crippen LogP contribution in [0.4, 0.5) is 5.69 Å². The molecule has 1 heterocycles. The van der Waals surface area contributed by atoms with Crippen LogP contribution in [0.25, 0.3) is 0 Å². The molecule has 0 radical (unpaired) electrons. The summed E-state index contributed by atoms with van der Waals surface area (Å²) in [5, 5.41) is 4.03. The summed E-state index contributed by atoms with van der Waals surface area (Å²) in [6.07, 6.45) is 5.10. The Balaban J connectivity index is 2.13. The predicted octanol–water partition coefficient (Wildman–Crippen LogP) is 4.07. The zero-order chi connectivity index (χ0) is 12.3. The molecule has 0 aliphatic heterocycles. The zero-order valence-corrected chi connectivity index (χ0v) is 11.5. The van der Waals surface area contributed by atoms with Gasteiger partial charge in [0, 0.05) is 22.6 Å². The maximum absolute atomic E-state index is 5.94. The summed E-state index contributed by atoms with van der Waals surface area (Å²) < 4.78 is 0.871. The van der Waals surface area contributed by atoms with Gasteiger partial charge in [0.15, 0.2) is 0 Å². The Morgan fingerprint density at radius 1 is 1.35 bits per heavy atom. The molecule has 1 N–H and O–H groups in total. The Labute approximate surface area is 113 Å². The van der Waals surface area contributed by atoms with E-state index in [0.29, 0.717) is 5.02 Å². The Kier molecular flexibility index (Phi) is 3.97. The molecule has 1 aromatic carbocycles. The molecule has 1 unspecified atom stereocenters. The van der Waals surface area contributed by atoms with Crippen molar-refractivity contribution in [3.05, 3.63) is 52.0 Å². The normalized spacial score (nSPS) is 12.2. The zero-order valence-electron chi connectivity index (χ0n) is 9.19. The molecule has 0 saturated carbocycles. The highest BCUT2D eigenvalue weighted by Crippen LogP contribution is 2.27. The van der Waals surface area contributed by atoms with E-state index in [-0.39, 0.29) is 6.04 Å². The van der Waals surface area contributed by atoms with Crippen LogP contribution in [-0.4, -0.2) is 9.97 Å². The Hall–Kier alpha value is -1.13. The van der Waals surface area contributed by atoms with Gasteiger partial charge in [0.1, 0.15) is 0 Å². The number of halogens is 2. The van der Waals surface area contributed by atoms with Crippen LogP contribution in [0, 0.1) is 0 Å². The van der Waals surface area contributed by atoms with Crippen LogP contribution in [0.3, 0.4) is 0 Å². The Morgan fingerprint density at radius 2 is 2.18 bits per heavy atom. The van der Waals surface area contributed by atoms with Gasteiger partial charge in [-0.1, -0.05) is 11.6 Å². The predicted molar refractivity (Wildman–Crippen MR) is 73.2 cm³/mol. The monoisotopic (exact) mass is 311 g/mol. The van der Waals surface area contributed by atoms with Crippen LogP contribution in [0.15, 0.2) is 41.3 Å². The second-order valence-electron chi connectivity index (χ2n) is 3.63. The van der Waals surface area contributed by atoms with E-state index in [1.807, 2.05) is 25.1 Å². The summed E-state index contributed by atoms with van der Waals surface area (Å²) in [4.78, 5) is 8.30. The molecule has 0 bridgehead atoms. The molecule has 0 saturated heterocycles. The molecule has 5 heteroatoms. The van der Waals surface area contributed by atoms with Gasteiger partial charge in [0.2, 0.25) is 0 Å². The minimum Gasteiger partial charge on any atom is -0.377 e. The van der Waals surface area contributed by atoms with Crippen molar-refractivity contribution in [2.75, 3.05) is 5.32 Å². The largest absolute Gasteiger partial charge is 0.377 e. The van der Waals surface area contributed by atoms with Crippen molar-refractivity contribution in [1.82, 2.24) is 9.97 Å². The van der Waals surface area contributed by atoms with E-state index in [4.69, 9.17) is 11.6 Å². The lowest BCUT2D eigenvalue weighted by molar-refractivity contribution is 0.827. The molecule has 17 heavy (non-hydrogen) atoms. The van der Waals surface area contributed by atoms with E-state index in [2.05, 4.69) is 31.2 Å². The minimum atomic E-state index is 0.0942. The lowest BCUT2D eigenvalue weighted by atomic mass is 10.2. The lowest BCUT2D eigenvalue weighted by Crippen LogP contribution is -2.08. The summed E-state index contributed by atoms with van der Waals surface area (Å²) in [6, 6.07) is 5.81. The maximum atomic E-state index is 5.94. The molecule has 0 aliphatic carbocycles. The number of rotatable bonds is 3. The molecule has 0 spiro atoms. The maximum Gasteiger partial charge on any atom is 0.0806 e. The average Bonchev–Trinajstić information content (AvgIpc) is 2.35. The SMILES string of the molecule is CC(Nc1ccc(Cl)c(Br)c1)c1cnccn1. The van der Waals surface area contributed by atoms with Gasteiger partial charge in [-0.2, -0.15) is 0 Å². The van der Waals surface area contributed by atoms with Crippen molar-refractivity contribution < 1.29 is 0 Å². The van der Waals surface area contributed by atoms with Crippen molar-refractivity contribution in [2.45, 2.75) is 13.0 Å². The van der Waals surface area contributed by atoms with Gasteiger partial charge in [0.05, 0.1) is 23.0 Å². The fourth-order valence-corrected chi connectivity index (χ4v) is 1.94. The third kappa shape index (κ3) is 3.17. The number of nitrogens with zero attached hydrogens (tertiary/aromatic N) is 2. The highest BCUT2D eigenvalue weighted by Gasteiger charge is 2.07. The molecule has 0 aliphatic rings. The van der Waals surface area contributed by atoms with E-state index >= 15 is 0 Å². The summed E-state index contributed by atoms with van der Waals surface area (Å²) >= 11 is 9.33. The molecule has 2 aromatic rings. The number of hydrogen-bond acceptors (Lipinski definition) is 3. The topological polar surface area (TPSA) is 37.8 Å². The molecule has 2 rings (SSSR count). The minimum absolute atomic E-state index is 0.0942. The highest BCUT2D eigenvalue weighted by atomic mass is 79.9. The summed E-state index contributed by atoms with van der Waals surface area (Å²) in [6.45, 7) is 2.03. The smallest absolute Gasteiger partial charge is 0.0806 e. The van der Waals surface area contributed by atoms with Crippen molar-refractivity contribution in [2.24, 2.45) is 0 Å². The summed E-state index contributed by atoms with van der Waals surface area (Å²) in [5.74, 6) is 0. The number of nitrogens with one attached hydrogen (secondary N) is 1. The summed E-state index contributed by atoms with van der Waals surface area (Å²) in [7, 11) is 0. The van der Waals surface area contributed by atoms with E-state index in [0.717, 1.165) is 15.9 Å². The fourth-order valence-electron chi connectivity index (χ4n) is 1.44. The third-order valence-electron chi connectivity index (χ3n) is 2.33. The van der Waals surface area contributed by atoms with E-state index in [9.17, 15) is 0 Å². The summed E-state index contributed by atoms with van der Waals surface area (Å²) in [5.41, 5.74) is 1.89. The van der Waals surface area contributed by atoms with Gasteiger partial charge >= 0.3 is 0 Å². The van der Waals surface area contributed by atoms with Crippen molar-refractivity contribution in [1.29, 1.82) is 0 Å². The number of benzene rings is 1. The van der Waals surface area contributed by atoms with Gasteiger partial charge in [-0.3, -0.25) is 9.97 Å². The molecular weight excluding hydrogens is 302 g/mol. The highest BCUT2D eigenvalue weighted by molar-refractivity contribution is 9.10. The second-order valence-corrected chi connectivity index (χ2v) is 4.89. The lowest BCUT2D eigenvalue weighted by Gasteiger charge is -2.14. The van der Waals surface area contributed by atoms with Crippen LogP contribution in [-0.2, 0) is 0 Å². The first-order chi connectivity index (χ1) is 8.16. The van der Waals surface area contributed by atoms with Crippen LogP contribution in [0.1, 0.15) is 18.7 Å². The average molecular weight is 313 g/mol. The molecule has 1 atom stereocenters. The van der Waals surface area contributed by atoms with Crippen LogP contribution in [0.2, 0.25) is 5.02 Å². The van der Waals surface area contributed by atoms with Crippen LogP contribution in [0.5, 0.6) is 0 Å². The van der Waals surface area contributed by atoms with Gasteiger partial charge < -0.3 is 5.32 Å². The molecule has 0 amide bonds. The molecule has 0 fully saturated rings. The van der Waals surface area contributed by atoms with Crippen molar-refractivity contribution >= 4 is 33.2 Å². The van der Waals surface area contributed by atoms with Gasteiger partial charge in [-0.15, -0.1) is 0 Å². The van der Waals surface area contributed by atoms with Crippen LogP contribution < -0.4 is 5.32 Å². The quantitative estimate of drug-likeness (QED) is 0.928. The Morgan fingerprint density at radius 3 is 2.82 bits per heavy atom. The fraction of sp³-hybridized carbons (Fsp3) is 0.167. The number of anilines is 1. The van der Waals surface area contributed by atoms with E-state index < -0.39 is 0 Å². The first-order valence-electron chi connectivity index (χ1n) is 5.14. The molecule has 1 aromatic heterocycles. The molecule has 88 valence electrons. The second kappa shape index (κ2) is 5.47. The van der Waals surface area contributed by atoms with Crippen LogP contribution >= 0.6 is 27.5 Å².